The molecule has 0 aromatic carbocycles. The van der Waals surface area contributed by atoms with Gasteiger partial charge in [-0.2, -0.15) is 0 Å². The molecule has 3 heteroatoms. The van der Waals surface area contributed by atoms with Crippen molar-refractivity contribution >= 4 is 8.56 Å². The van der Waals surface area contributed by atoms with Gasteiger partial charge < -0.3 is 8.85 Å². The van der Waals surface area contributed by atoms with Crippen LogP contribution in [0.25, 0.3) is 0 Å². The Morgan fingerprint density at radius 2 is 1.10 bits per heavy atom. The van der Waals surface area contributed by atoms with E-state index in [1.165, 1.54) is 57.8 Å². The third kappa shape index (κ3) is 13.3. The Labute approximate surface area is 134 Å². The molecule has 0 N–H and O–H groups in total. The summed E-state index contributed by atoms with van der Waals surface area (Å²) in [6.45, 7) is 12.2. The highest BCUT2D eigenvalue weighted by Gasteiger charge is 2.26. The van der Waals surface area contributed by atoms with Crippen molar-refractivity contribution in [3.63, 3.8) is 0 Å². The van der Waals surface area contributed by atoms with Gasteiger partial charge in [0.25, 0.3) is 0 Å². The highest BCUT2D eigenvalue weighted by molar-refractivity contribution is 6.71. The lowest BCUT2D eigenvalue weighted by Gasteiger charge is -2.23. The fourth-order valence-corrected chi connectivity index (χ4v) is 3.72. The van der Waals surface area contributed by atoms with Crippen LogP contribution in [-0.4, -0.2) is 21.8 Å². The molecule has 0 spiro atoms. The van der Waals surface area contributed by atoms with Crippen molar-refractivity contribution in [2.75, 3.05) is 13.2 Å². The molecule has 0 aromatic heterocycles. The van der Waals surface area contributed by atoms with Crippen molar-refractivity contribution < 1.29 is 8.85 Å². The lowest BCUT2D eigenvalue weighted by molar-refractivity contribution is 0.177. The van der Waals surface area contributed by atoms with E-state index in [4.69, 9.17) is 8.85 Å². The van der Waals surface area contributed by atoms with Crippen molar-refractivity contribution in [1.82, 2.24) is 0 Å². The molecule has 0 aromatic rings. The first-order chi connectivity index (χ1) is 10.2. The van der Waals surface area contributed by atoms with Crippen molar-refractivity contribution in [2.45, 2.75) is 91.0 Å². The lowest BCUT2D eigenvalue weighted by atomic mass is 10.1. The molecule has 0 amide bonds. The maximum absolute atomic E-state index is 6.01. The van der Waals surface area contributed by atoms with E-state index in [0.29, 0.717) is 0 Å². The van der Waals surface area contributed by atoms with Crippen LogP contribution in [0.1, 0.15) is 84.5 Å². The summed E-state index contributed by atoms with van der Waals surface area (Å²) < 4.78 is 12.0. The van der Waals surface area contributed by atoms with E-state index < -0.39 is 8.56 Å². The van der Waals surface area contributed by atoms with E-state index in [1.807, 2.05) is 5.70 Å². The Hall–Kier alpha value is -0.123. The fraction of sp³-hybridized carbons (Fsp3) is 0.889. The van der Waals surface area contributed by atoms with Gasteiger partial charge in [-0.3, -0.25) is 0 Å². The summed E-state index contributed by atoms with van der Waals surface area (Å²) in [5, 5.41) is 0. The van der Waals surface area contributed by atoms with Gasteiger partial charge in [-0.15, -0.1) is 6.58 Å². The van der Waals surface area contributed by atoms with Crippen LogP contribution in [0.5, 0.6) is 0 Å². The Morgan fingerprint density at radius 1 is 0.714 bits per heavy atom. The fourth-order valence-electron chi connectivity index (χ4n) is 2.30. The summed E-state index contributed by atoms with van der Waals surface area (Å²) >= 11 is 0. The number of unbranched alkanes of at least 4 members (excludes halogenated alkanes) is 9. The molecule has 0 heterocycles. The van der Waals surface area contributed by atoms with E-state index in [-0.39, 0.29) is 0 Å². The van der Waals surface area contributed by atoms with Gasteiger partial charge >= 0.3 is 8.56 Å². The summed E-state index contributed by atoms with van der Waals surface area (Å²) in [6.07, 6.45) is 14.2. The van der Waals surface area contributed by atoms with Gasteiger partial charge in [0, 0.05) is 13.2 Å². The average molecular weight is 315 g/mol. The minimum atomic E-state index is -2.10. The molecule has 0 bridgehead atoms. The molecule has 0 aliphatic carbocycles. The molecule has 0 aliphatic heterocycles. The molecule has 0 radical (unpaired) electrons. The van der Waals surface area contributed by atoms with Gasteiger partial charge in [-0.1, -0.05) is 71.6 Å². The lowest BCUT2D eigenvalue weighted by Crippen LogP contribution is -2.37. The van der Waals surface area contributed by atoms with Crippen LogP contribution in [0.3, 0.4) is 0 Å². The molecular weight excluding hydrogens is 276 g/mol. The van der Waals surface area contributed by atoms with Crippen LogP contribution < -0.4 is 0 Å². The van der Waals surface area contributed by atoms with Crippen LogP contribution >= 0.6 is 0 Å². The summed E-state index contributed by atoms with van der Waals surface area (Å²) in [7, 11) is -2.10. The highest BCUT2D eigenvalue weighted by Crippen LogP contribution is 2.13. The second kappa shape index (κ2) is 14.8. The van der Waals surface area contributed by atoms with Gasteiger partial charge in [0.2, 0.25) is 0 Å². The molecular formula is C18H38O2Si. The molecule has 0 saturated carbocycles. The smallest absolute Gasteiger partial charge is 0.361 e. The Bertz CT molecular complexity index is 233. The predicted octanol–water partition coefficient (Wildman–Crippen LogP) is 6.15. The van der Waals surface area contributed by atoms with Crippen molar-refractivity contribution in [3.05, 3.63) is 12.3 Å². The third-order valence-electron chi connectivity index (χ3n) is 3.89. The Balaban J connectivity index is 3.58. The predicted molar refractivity (Wildman–Crippen MR) is 95.9 cm³/mol. The average Bonchev–Trinajstić information content (AvgIpc) is 2.50. The second-order valence-electron chi connectivity index (χ2n) is 6.10. The molecule has 21 heavy (non-hydrogen) atoms. The highest BCUT2D eigenvalue weighted by atomic mass is 28.4. The van der Waals surface area contributed by atoms with E-state index in [1.54, 1.807) is 0 Å². The zero-order chi connectivity index (χ0) is 15.8. The topological polar surface area (TPSA) is 18.5 Å². The van der Waals surface area contributed by atoms with Gasteiger partial charge in [-0.05, 0) is 25.1 Å². The molecule has 0 saturated heterocycles. The largest absolute Gasteiger partial charge is 0.391 e. The van der Waals surface area contributed by atoms with Crippen molar-refractivity contribution in [3.8, 4) is 0 Å². The molecule has 0 aliphatic rings. The van der Waals surface area contributed by atoms with E-state index in [0.717, 1.165) is 26.1 Å². The quantitative estimate of drug-likeness (QED) is 0.251. The van der Waals surface area contributed by atoms with Crippen LogP contribution in [0, 0.1) is 0 Å². The number of rotatable bonds is 16. The molecule has 126 valence electrons. The maximum Gasteiger partial charge on any atom is 0.361 e. The van der Waals surface area contributed by atoms with Gasteiger partial charge in [0.05, 0.1) is 0 Å². The van der Waals surface area contributed by atoms with Crippen LogP contribution in [0.15, 0.2) is 12.3 Å². The van der Waals surface area contributed by atoms with E-state index >= 15 is 0 Å². The first-order valence-electron chi connectivity index (χ1n) is 9.10. The molecule has 0 rings (SSSR count). The summed E-state index contributed by atoms with van der Waals surface area (Å²) in [5.41, 5.74) is 1.93. The monoisotopic (exact) mass is 314 g/mol. The molecule has 1 unspecified atom stereocenters. The first-order valence-corrected chi connectivity index (χ1v) is 11.5. The zero-order valence-corrected chi connectivity index (χ0v) is 15.8. The Morgan fingerprint density at radius 3 is 1.48 bits per heavy atom. The standard InChI is InChI=1S/C18H38O2Si/c1-5-8-10-12-14-16-18-20-21(4,7-3)19-17-15-13-11-9-6-2/h7H,3,5-6,8-18H2,1-2,4H3. The third-order valence-corrected chi connectivity index (χ3v) is 6.19. The summed E-state index contributed by atoms with van der Waals surface area (Å²) in [5.74, 6) is 0. The van der Waals surface area contributed by atoms with Crippen LogP contribution in [-0.2, 0) is 8.85 Å². The van der Waals surface area contributed by atoms with Crippen LogP contribution in [0.4, 0.5) is 0 Å². The van der Waals surface area contributed by atoms with Gasteiger partial charge in [-0.25, -0.2) is 0 Å². The molecule has 1 atom stereocenters. The van der Waals surface area contributed by atoms with Crippen molar-refractivity contribution in [1.29, 1.82) is 0 Å². The first kappa shape index (κ1) is 20.9. The molecule has 0 fully saturated rings. The summed E-state index contributed by atoms with van der Waals surface area (Å²) in [4.78, 5) is 0. The minimum Gasteiger partial charge on any atom is -0.391 e. The zero-order valence-electron chi connectivity index (χ0n) is 14.8. The van der Waals surface area contributed by atoms with E-state index in [9.17, 15) is 0 Å². The van der Waals surface area contributed by atoms with Crippen LogP contribution in [0.2, 0.25) is 6.55 Å². The number of hydrogen-bond acceptors (Lipinski definition) is 2. The SMILES string of the molecule is C=C[Si](C)(OCCCCCCC)OCCCCCCCC. The normalized spacial score (nSPS) is 14.0. The van der Waals surface area contributed by atoms with Gasteiger partial charge in [0.15, 0.2) is 0 Å². The van der Waals surface area contributed by atoms with Crippen molar-refractivity contribution in [2.24, 2.45) is 0 Å². The number of hydrogen-bond donors (Lipinski definition) is 0. The minimum absolute atomic E-state index is 0.828. The van der Waals surface area contributed by atoms with Gasteiger partial charge in [0.1, 0.15) is 0 Å². The summed E-state index contributed by atoms with van der Waals surface area (Å²) in [6, 6.07) is 0. The molecule has 2 nitrogen and oxygen atoms in total. The van der Waals surface area contributed by atoms with E-state index in [2.05, 4.69) is 27.0 Å². The maximum atomic E-state index is 6.01. The Kier molecular flexibility index (Phi) is 14.7. The second-order valence-corrected chi connectivity index (χ2v) is 9.12.